The predicted molar refractivity (Wildman–Crippen MR) is 83.0 cm³/mol. The summed E-state index contributed by atoms with van der Waals surface area (Å²) in [6.07, 6.45) is 0. The lowest BCUT2D eigenvalue weighted by Crippen LogP contribution is -2.14. The van der Waals surface area contributed by atoms with Gasteiger partial charge in [0, 0.05) is 15.2 Å². The molecular formula is C13H9BrCl2N2O. The molecule has 0 saturated heterocycles. The Bertz CT molecular complexity index is 647. The van der Waals surface area contributed by atoms with Crippen molar-refractivity contribution in [3.05, 3.63) is 56.5 Å². The molecule has 2 aromatic rings. The number of carbonyl (C=O) groups is 1. The van der Waals surface area contributed by atoms with E-state index in [0.29, 0.717) is 27.0 Å². The third-order valence-electron chi connectivity index (χ3n) is 2.44. The Kier molecular flexibility index (Phi) is 4.34. The average Bonchev–Trinajstić information content (AvgIpc) is 2.36. The first-order valence-electron chi connectivity index (χ1n) is 5.29. The van der Waals surface area contributed by atoms with Crippen LogP contribution >= 0.6 is 39.1 Å². The van der Waals surface area contributed by atoms with Gasteiger partial charge >= 0.3 is 0 Å². The molecule has 3 nitrogen and oxygen atoms in total. The van der Waals surface area contributed by atoms with E-state index in [4.69, 9.17) is 28.9 Å². The van der Waals surface area contributed by atoms with Crippen LogP contribution < -0.4 is 11.1 Å². The van der Waals surface area contributed by atoms with Crippen LogP contribution in [0, 0.1) is 0 Å². The summed E-state index contributed by atoms with van der Waals surface area (Å²) in [5.74, 6) is -0.344. The highest BCUT2D eigenvalue weighted by Gasteiger charge is 2.12. The van der Waals surface area contributed by atoms with Crippen molar-refractivity contribution >= 4 is 56.4 Å². The number of halogens is 3. The zero-order valence-corrected chi connectivity index (χ0v) is 12.7. The Labute approximate surface area is 128 Å². The quantitative estimate of drug-likeness (QED) is 0.770. The number of hydrogen-bond donors (Lipinski definition) is 2. The lowest BCUT2D eigenvalue weighted by Gasteiger charge is -2.09. The predicted octanol–water partition coefficient (Wildman–Crippen LogP) is 4.59. The van der Waals surface area contributed by atoms with Gasteiger partial charge in [-0.2, -0.15) is 0 Å². The molecule has 1 amide bonds. The zero-order valence-electron chi connectivity index (χ0n) is 9.58. The number of nitrogens with two attached hydrogens (primary N) is 1. The van der Waals surface area contributed by atoms with Crippen LogP contribution in [0.3, 0.4) is 0 Å². The summed E-state index contributed by atoms with van der Waals surface area (Å²) in [5, 5.41) is 3.58. The van der Waals surface area contributed by atoms with E-state index in [9.17, 15) is 4.79 Å². The second-order valence-electron chi connectivity index (χ2n) is 3.81. The van der Waals surface area contributed by atoms with Gasteiger partial charge in [0.1, 0.15) is 0 Å². The van der Waals surface area contributed by atoms with E-state index >= 15 is 0 Å². The van der Waals surface area contributed by atoms with Gasteiger partial charge in [0.25, 0.3) is 5.91 Å². The molecule has 0 aliphatic heterocycles. The maximum Gasteiger partial charge on any atom is 0.257 e. The van der Waals surface area contributed by atoms with Gasteiger partial charge in [-0.25, -0.2) is 0 Å². The van der Waals surface area contributed by atoms with Gasteiger partial charge in [0.05, 0.1) is 16.3 Å². The molecule has 3 N–H and O–H groups in total. The summed E-state index contributed by atoms with van der Waals surface area (Å²) in [7, 11) is 0. The van der Waals surface area contributed by atoms with Gasteiger partial charge in [-0.3, -0.25) is 4.79 Å². The fourth-order valence-electron chi connectivity index (χ4n) is 1.51. The van der Waals surface area contributed by atoms with Crippen LogP contribution in [0.5, 0.6) is 0 Å². The molecule has 0 unspecified atom stereocenters. The first-order valence-corrected chi connectivity index (χ1v) is 6.83. The van der Waals surface area contributed by atoms with Crippen molar-refractivity contribution in [1.29, 1.82) is 0 Å². The summed E-state index contributed by atoms with van der Waals surface area (Å²) in [4.78, 5) is 12.1. The van der Waals surface area contributed by atoms with Crippen molar-refractivity contribution in [2.45, 2.75) is 0 Å². The Morgan fingerprint density at radius 1 is 1.16 bits per heavy atom. The van der Waals surface area contributed by atoms with Gasteiger partial charge in [-0.05, 0) is 36.4 Å². The Morgan fingerprint density at radius 3 is 2.63 bits per heavy atom. The molecule has 0 aliphatic rings. The topological polar surface area (TPSA) is 55.1 Å². The number of hydrogen-bond acceptors (Lipinski definition) is 2. The minimum Gasteiger partial charge on any atom is -0.398 e. The molecule has 0 heterocycles. The standard InChI is InChI=1S/C13H9BrCl2N2O/c14-7-1-4-11(17)9(5-7)13(19)18-12-6-8(15)2-3-10(12)16/h1-6H,17H2,(H,18,19). The highest BCUT2D eigenvalue weighted by molar-refractivity contribution is 9.10. The SMILES string of the molecule is Nc1ccc(Br)cc1C(=O)Nc1cc(Cl)ccc1Cl. The van der Waals surface area contributed by atoms with E-state index in [0.717, 1.165) is 4.47 Å². The van der Waals surface area contributed by atoms with E-state index in [1.54, 1.807) is 36.4 Å². The molecule has 0 atom stereocenters. The Morgan fingerprint density at radius 2 is 1.89 bits per heavy atom. The van der Waals surface area contributed by atoms with Crippen molar-refractivity contribution in [2.75, 3.05) is 11.1 Å². The van der Waals surface area contributed by atoms with Gasteiger partial charge in [0.2, 0.25) is 0 Å². The molecule has 2 aromatic carbocycles. The molecule has 98 valence electrons. The van der Waals surface area contributed by atoms with Crippen LogP contribution in [-0.2, 0) is 0 Å². The van der Waals surface area contributed by atoms with Crippen molar-refractivity contribution in [2.24, 2.45) is 0 Å². The summed E-state index contributed by atoms with van der Waals surface area (Å²) in [6.45, 7) is 0. The second-order valence-corrected chi connectivity index (χ2v) is 5.57. The molecule has 19 heavy (non-hydrogen) atoms. The van der Waals surface area contributed by atoms with Crippen LogP contribution in [0.2, 0.25) is 10.0 Å². The lowest BCUT2D eigenvalue weighted by atomic mass is 10.1. The third kappa shape index (κ3) is 3.41. The van der Waals surface area contributed by atoms with Crippen LogP contribution in [0.1, 0.15) is 10.4 Å². The normalized spacial score (nSPS) is 10.3. The van der Waals surface area contributed by atoms with Gasteiger partial charge < -0.3 is 11.1 Å². The molecular weight excluding hydrogens is 351 g/mol. The smallest absolute Gasteiger partial charge is 0.257 e. The van der Waals surface area contributed by atoms with Crippen molar-refractivity contribution < 1.29 is 4.79 Å². The maximum absolute atomic E-state index is 12.1. The molecule has 0 bridgehead atoms. The first kappa shape index (κ1) is 14.2. The average molecular weight is 360 g/mol. The molecule has 0 spiro atoms. The van der Waals surface area contributed by atoms with E-state index in [2.05, 4.69) is 21.2 Å². The van der Waals surface area contributed by atoms with Gasteiger partial charge in [-0.1, -0.05) is 39.1 Å². The summed E-state index contributed by atoms with van der Waals surface area (Å²) in [6, 6.07) is 9.90. The molecule has 2 rings (SSSR count). The van der Waals surface area contributed by atoms with Crippen LogP contribution in [0.4, 0.5) is 11.4 Å². The minimum atomic E-state index is -0.344. The highest BCUT2D eigenvalue weighted by atomic mass is 79.9. The third-order valence-corrected chi connectivity index (χ3v) is 3.49. The van der Waals surface area contributed by atoms with Gasteiger partial charge in [-0.15, -0.1) is 0 Å². The van der Waals surface area contributed by atoms with Crippen molar-refractivity contribution in [3.63, 3.8) is 0 Å². The number of rotatable bonds is 2. The van der Waals surface area contributed by atoms with Crippen molar-refractivity contribution in [3.8, 4) is 0 Å². The zero-order chi connectivity index (χ0) is 14.0. The highest BCUT2D eigenvalue weighted by Crippen LogP contribution is 2.27. The second kappa shape index (κ2) is 5.82. The summed E-state index contributed by atoms with van der Waals surface area (Å²) in [5.41, 5.74) is 6.97. The van der Waals surface area contributed by atoms with E-state index in [-0.39, 0.29) is 5.91 Å². The molecule has 0 aromatic heterocycles. The summed E-state index contributed by atoms with van der Waals surface area (Å²) >= 11 is 15.1. The van der Waals surface area contributed by atoms with Gasteiger partial charge in [0.15, 0.2) is 0 Å². The molecule has 0 saturated carbocycles. The lowest BCUT2D eigenvalue weighted by molar-refractivity contribution is 0.102. The Hall–Kier alpha value is -1.23. The molecule has 0 aliphatic carbocycles. The largest absolute Gasteiger partial charge is 0.398 e. The number of nitrogens with one attached hydrogen (secondary N) is 1. The molecule has 0 fully saturated rings. The number of carbonyl (C=O) groups excluding carboxylic acids is 1. The number of benzene rings is 2. The van der Waals surface area contributed by atoms with E-state index in [1.807, 2.05) is 0 Å². The fraction of sp³-hybridized carbons (Fsp3) is 0. The Balaban J connectivity index is 2.30. The van der Waals surface area contributed by atoms with Crippen LogP contribution in [-0.4, -0.2) is 5.91 Å². The monoisotopic (exact) mass is 358 g/mol. The summed E-state index contributed by atoms with van der Waals surface area (Å²) < 4.78 is 0.768. The maximum atomic E-state index is 12.1. The van der Waals surface area contributed by atoms with Crippen molar-refractivity contribution in [1.82, 2.24) is 0 Å². The number of anilines is 2. The molecule has 0 radical (unpaired) electrons. The van der Waals surface area contributed by atoms with Crippen LogP contribution in [0.25, 0.3) is 0 Å². The minimum absolute atomic E-state index is 0.344. The molecule has 6 heteroatoms. The van der Waals surface area contributed by atoms with E-state index in [1.165, 1.54) is 0 Å². The number of nitrogen functional groups attached to an aromatic ring is 1. The first-order chi connectivity index (χ1) is 8.97. The fourth-order valence-corrected chi connectivity index (χ4v) is 2.21. The number of amides is 1. The van der Waals surface area contributed by atoms with Crippen LogP contribution in [0.15, 0.2) is 40.9 Å². The van der Waals surface area contributed by atoms with E-state index < -0.39 is 0 Å².